The lowest BCUT2D eigenvalue weighted by molar-refractivity contribution is -0.133. The highest BCUT2D eigenvalue weighted by Crippen LogP contribution is 2.22. The minimum absolute atomic E-state index is 0.000319. The van der Waals surface area contributed by atoms with E-state index in [1.54, 1.807) is 24.3 Å². The van der Waals surface area contributed by atoms with Crippen LogP contribution in [0.1, 0.15) is 12.0 Å². The minimum atomic E-state index is -1.71. The van der Waals surface area contributed by atoms with E-state index in [1.165, 1.54) is 0 Å². The fourth-order valence-electron chi connectivity index (χ4n) is 2.00. The summed E-state index contributed by atoms with van der Waals surface area (Å²) in [7, 11) is 0. The van der Waals surface area contributed by atoms with Gasteiger partial charge in [-0.3, -0.25) is 9.69 Å². The number of halogens is 2. The van der Waals surface area contributed by atoms with Gasteiger partial charge in [0.1, 0.15) is 18.8 Å². The minimum Gasteiger partial charge on any atom is -0.445 e. The van der Waals surface area contributed by atoms with Crippen LogP contribution >= 0.6 is 0 Å². The van der Waals surface area contributed by atoms with Gasteiger partial charge in [-0.15, -0.1) is 0 Å². The number of alkyl halides is 1. The van der Waals surface area contributed by atoms with Crippen molar-refractivity contribution in [3.8, 4) is 0 Å². The Bertz CT molecular complexity index is 466. The molecule has 4 nitrogen and oxygen atoms in total. The Labute approximate surface area is 109 Å². The number of hydrogen-bond donors (Lipinski definition) is 0. The van der Waals surface area contributed by atoms with Crippen molar-refractivity contribution in [2.45, 2.75) is 25.2 Å². The molecule has 0 spiro atoms. The highest BCUT2D eigenvalue weighted by atomic mass is 19.1. The highest BCUT2D eigenvalue weighted by molar-refractivity contribution is 5.81. The summed E-state index contributed by atoms with van der Waals surface area (Å²) < 4.78 is 30.8. The summed E-state index contributed by atoms with van der Waals surface area (Å²) in [5, 5.41) is 0. The first kappa shape index (κ1) is 13.5. The monoisotopic (exact) mass is 269 g/mol. The number of carbonyl (C=O) groups excluding carboxylic acids is 2. The van der Waals surface area contributed by atoms with E-state index in [0.717, 1.165) is 10.5 Å². The van der Waals surface area contributed by atoms with Crippen LogP contribution in [0.4, 0.5) is 13.6 Å². The van der Waals surface area contributed by atoms with Crippen LogP contribution in [0.5, 0.6) is 0 Å². The van der Waals surface area contributed by atoms with Crippen LogP contribution in [0.25, 0.3) is 0 Å². The van der Waals surface area contributed by atoms with Gasteiger partial charge >= 0.3 is 12.1 Å². The Balaban J connectivity index is 1.94. The van der Waals surface area contributed by atoms with E-state index in [9.17, 15) is 18.4 Å². The van der Waals surface area contributed by atoms with E-state index < -0.39 is 24.3 Å². The van der Waals surface area contributed by atoms with Crippen LogP contribution in [-0.4, -0.2) is 35.8 Å². The van der Waals surface area contributed by atoms with E-state index in [4.69, 9.17) is 4.74 Å². The molecule has 102 valence electrons. The third kappa shape index (κ3) is 3.27. The quantitative estimate of drug-likeness (QED) is 0.790. The second-order valence-corrected chi connectivity index (χ2v) is 4.35. The van der Waals surface area contributed by atoms with Crippen LogP contribution < -0.4 is 0 Å². The fraction of sp³-hybridized carbons (Fsp3) is 0.385. The van der Waals surface area contributed by atoms with Gasteiger partial charge in [-0.2, -0.15) is 4.39 Å². The lowest BCUT2D eigenvalue weighted by Crippen LogP contribution is -2.39. The van der Waals surface area contributed by atoms with Crippen LogP contribution in [-0.2, 0) is 16.1 Å². The third-order valence-electron chi connectivity index (χ3n) is 2.95. The zero-order chi connectivity index (χ0) is 13.8. The summed E-state index contributed by atoms with van der Waals surface area (Å²) in [6.45, 7) is -0.311. The normalized spacial score (nSPS) is 22.3. The van der Waals surface area contributed by atoms with Crippen molar-refractivity contribution in [2.75, 3.05) is 6.54 Å². The van der Waals surface area contributed by atoms with Crippen LogP contribution in [0.2, 0.25) is 0 Å². The number of carbonyl (C=O) groups is 2. The molecule has 0 saturated carbocycles. The number of benzene rings is 1. The summed E-state index contributed by atoms with van der Waals surface area (Å²) >= 11 is 0. The molecule has 2 rings (SSSR count). The maximum Gasteiger partial charge on any atom is 0.410 e. The lowest BCUT2D eigenvalue weighted by Gasteiger charge is -2.20. The first-order chi connectivity index (χ1) is 9.08. The first-order valence-electron chi connectivity index (χ1n) is 5.88. The van der Waals surface area contributed by atoms with Gasteiger partial charge in [0.25, 0.3) is 0 Å². The molecule has 0 unspecified atom stereocenters. The topological polar surface area (TPSA) is 46.6 Å². The molecule has 6 heteroatoms. The molecule has 2 atom stereocenters. The Morgan fingerprint density at radius 1 is 1.32 bits per heavy atom. The molecule has 0 radical (unpaired) electrons. The fourth-order valence-corrected chi connectivity index (χ4v) is 2.00. The van der Waals surface area contributed by atoms with Crippen LogP contribution in [0.15, 0.2) is 30.3 Å². The number of hydrogen-bond acceptors (Lipinski definition) is 3. The molecule has 1 amide bonds. The average molecular weight is 269 g/mol. The second kappa shape index (κ2) is 5.77. The molecule has 1 aliphatic heterocycles. The van der Waals surface area contributed by atoms with Crippen molar-refractivity contribution in [2.24, 2.45) is 0 Å². The summed E-state index contributed by atoms with van der Waals surface area (Å²) in [5.74, 6) is 0. The van der Waals surface area contributed by atoms with Gasteiger partial charge < -0.3 is 4.74 Å². The van der Waals surface area contributed by atoms with Gasteiger partial charge in [-0.05, 0) is 5.56 Å². The van der Waals surface area contributed by atoms with Gasteiger partial charge in [0, 0.05) is 6.42 Å². The van der Waals surface area contributed by atoms with E-state index in [1.807, 2.05) is 6.07 Å². The van der Waals surface area contributed by atoms with Gasteiger partial charge in [-0.1, -0.05) is 30.3 Å². The zero-order valence-electron chi connectivity index (χ0n) is 10.1. The standard InChI is InChI=1S/C13H13F2NO3/c14-10-6-11(12(15)17)16(7-10)13(18)19-8-9-4-2-1-3-5-9/h1-5,10-11H,6-8H2/t10-,11+/m1/s1. The van der Waals surface area contributed by atoms with E-state index in [2.05, 4.69) is 0 Å². The molecular weight excluding hydrogens is 256 g/mol. The average Bonchev–Trinajstić information content (AvgIpc) is 2.79. The molecule has 0 bridgehead atoms. The largest absolute Gasteiger partial charge is 0.445 e. The number of ether oxygens (including phenoxy) is 1. The molecule has 1 heterocycles. The smallest absolute Gasteiger partial charge is 0.410 e. The predicted octanol–water partition coefficient (Wildman–Crippen LogP) is 2.23. The summed E-state index contributed by atoms with van der Waals surface area (Å²) in [4.78, 5) is 23.2. The molecule has 19 heavy (non-hydrogen) atoms. The maximum absolute atomic E-state index is 13.1. The van der Waals surface area contributed by atoms with Crippen molar-refractivity contribution in [3.05, 3.63) is 35.9 Å². The molecule has 1 aromatic carbocycles. The molecule has 1 aliphatic rings. The number of rotatable bonds is 3. The Morgan fingerprint density at radius 3 is 2.63 bits per heavy atom. The maximum atomic E-state index is 13.1. The van der Waals surface area contributed by atoms with Crippen molar-refractivity contribution < 1.29 is 23.1 Å². The molecule has 0 N–H and O–H groups in total. The van der Waals surface area contributed by atoms with Crippen molar-refractivity contribution in [1.82, 2.24) is 4.90 Å². The lowest BCUT2D eigenvalue weighted by atomic mass is 10.2. The number of amides is 1. The summed E-state index contributed by atoms with van der Waals surface area (Å²) in [5.41, 5.74) is 0.759. The van der Waals surface area contributed by atoms with Gasteiger partial charge in [-0.25, -0.2) is 9.18 Å². The highest BCUT2D eigenvalue weighted by Gasteiger charge is 2.40. The van der Waals surface area contributed by atoms with Crippen molar-refractivity contribution in [1.29, 1.82) is 0 Å². The predicted molar refractivity (Wildman–Crippen MR) is 62.7 cm³/mol. The molecule has 0 aromatic heterocycles. The van der Waals surface area contributed by atoms with Crippen molar-refractivity contribution >= 4 is 12.1 Å². The molecular formula is C13H13F2NO3. The van der Waals surface area contributed by atoms with E-state index >= 15 is 0 Å². The first-order valence-corrected chi connectivity index (χ1v) is 5.88. The molecule has 1 saturated heterocycles. The van der Waals surface area contributed by atoms with Crippen LogP contribution in [0.3, 0.4) is 0 Å². The number of nitrogens with zero attached hydrogens (tertiary/aromatic N) is 1. The molecule has 1 aromatic rings. The summed E-state index contributed by atoms with van der Waals surface area (Å²) in [6, 6.07) is 5.82. The van der Waals surface area contributed by atoms with Crippen LogP contribution in [0, 0.1) is 0 Å². The van der Waals surface area contributed by atoms with Gasteiger partial charge in [0.05, 0.1) is 6.54 Å². The van der Waals surface area contributed by atoms with E-state index in [-0.39, 0.29) is 19.6 Å². The van der Waals surface area contributed by atoms with Gasteiger partial charge in [0.15, 0.2) is 0 Å². The molecule has 1 fully saturated rings. The second-order valence-electron chi connectivity index (χ2n) is 4.35. The number of likely N-dealkylation sites (tertiary alicyclic amines) is 1. The third-order valence-corrected chi connectivity index (χ3v) is 2.95. The Hall–Kier alpha value is -1.98. The Kier molecular flexibility index (Phi) is 4.09. The van der Waals surface area contributed by atoms with E-state index in [0.29, 0.717) is 0 Å². The van der Waals surface area contributed by atoms with Gasteiger partial charge in [0.2, 0.25) is 0 Å². The Morgan fingerprint density at radius 2 is 2.00 bits per heavy atom. The molecule has 0 aliphatic carbocycles. The SMILES string of the molecule is O=C(F)[C@@H]1C[C@@H](F)CN1C(=O)OCc1ccccc1. The zero-order valence-corrected chi connectivity index (χ0v) is 10.1. The van der Waals surface area contributed by atoms with Crippen molar-refractivity contribution in [3.63, 3.8) is 0 Å². The summed E-state index contributed by atoms with van der Waals surface area (Å²) in [6.07, 6.45) is -2.58.